The van der Waals surface area contributed by atoms with Gasteiger partial charge in [0, 0.05) is 5.69 Å². The smallest absolute Gasteiger partial charge is 0.335 e. The largest absolute Gasteiger partial charge is 0.494 e. The third-order valence-corrected chi connectivity index (χ3v) is 4.76. The van der Waals surface area contributed by atoms with Gasteiger partial charge in [0.1, 0.15) is 17.5 Å². The van der Waals surface area contributed by atoms with E-state index < -0.39 is 29.4 Å². The number of hydrogen-bond donors (Lipinski definition) is 2. The summed E-state index contributed by atoms with van der Waals surface area (Å²) in [6.07, 6.45) is 0. The molecular formula is C22H24N2O6. The van der Waals surface area contributed by atoms with E-state index in [0.29, 0.717) is 23.7 Å². The minimum absolute atomic E-state index is 0.0327. The van der Waals surface area contributed by atoms with Gasteiger partial charge in [0.05, 0.1) is 17.9 Å². The standard InChI is InChI=1S/C22H24N2O6/c1-5-29-16-9-7-15(8-10-16)23-19(25)13(2)24-17-11-6-14(20(26)27)12-18(17)30-22(3,4)21(24)28/h6-13H,5H2,1-4H3,(H,23,25)(H,26,27). The third-order valence-electron chi connectivity index (χ3n) is 4.76. The fourth-order valence-corrected chi connectivity index (χ4v) is 3.20. The molecule has 158 valence electrons. The van der Waals surface area contributed by atoms with E-state index in [1.807, 2.05) is 6.92 Å². The Bertz CT molecular complexity index is 984. The molecule has 30 heavy (non-hydrogen) atoms. The summed E-state index contributed by atoms with van der Waals surface area (Å²) in [5.41, 5.74) is -0.307. The summed E-state index contributed by atoms with van der Waals surface area (Å²) in [6, 6.07) is 10.3. The van der Waals surface area contributed by atoms with Gasteiger partial charge in [0.25, 0.3) is 5.91 Å². The van der Waals surface area contributed by atoms with Crippen LogP contribution in [-0.2, 0) is 9.59 Å². The number of carbonyl (C=O) groups excluding carboxylic acids is 2. The summed E-state index contributed by atoms with van der Waals surface area (Å²) in [5, 5.41) is 12.0. The Morgan fingerprint density at radius 2 is 1.87 bits per heavy atom. The molecule has 2 aromatic carbocycles. The van der Waals surface area contributed by atoms with Crippen LogP contribution in [0.3, 0.4) is 0 Å². The molecular weight excluding hydrogens is 388 g/mol. The first-order valence-corrected chi connectivity index (χ1v) is 9.57. The van der Waals surface area contributed by atoms with Crippen molar-refractivity contribution in [2.24, 2.45) is 0 Å². The summed E-state index contributed by atoms with van der Waals surface area (Å²) >= 11 is 0. The second kappa shape index (κ2) is 8.06. The average Bonchev–Trinajstić information content (AvgIpc) is 2.69. The molecule has 1 heterocycles. The number of carbonyl (C=O) groups is 3. The van der Waals surface area contributed by atoms with E-state index >= 15 is 0 Å². The molecule has 0 aliphatic carbocycles. The molecule has 1 aliphatic rings. The number of hydrogen-bond acceptors (Lipinski definition) is 5. The number of aromatic carboxylic acids is 1. The molecule has 8 nitrogen and oxygen atoms in total. The zero-order chi connectivity index (χ0) is 22.1. The molecule has 1 unspecified atom stereocenters. The average molecular weight is 412 g/mol. The number of nitrogens with zero attached hydrogens (tertiary/aromatic N) is 1. The van der Waals surface area contributed by atoms with Crippen molar-refractivity contribution in [2.75, 3.05) is 16.8 Å². The fourth-order valence-electron chi connectivity index (χ4n) is 3.20. The van der Waals surface area contributed by atoms with E-state index in [4.69, 9.17) is 9.47 Å². The van der Waals surface area contributed by atoms with Crippen molar-refractivity contribution >= 4 is 29.2 Å². The summed E-state index contributed by atoms with van der Waals surface area (Å²) in [4.78, 5) is 38.6. The molecule has 0 aromatic heterocycles. The van der Waals surface area contributed by atoms with Crippen LogP contribution in [0.1, 0.15) is 38.1 Å². The molecule has 2 amide bonds. The zero-order valence-electron chi connectivity index (χ0n) is 17.3. The number of fused-ring (bicyclic) bond motifs is 1. The molecule has 0 saturated heterocycles. The van der Waals surface area contributed by atoms with Crippen molar-refractivity contribution in [3.8, 4) is 11.5 Å². The van der Waals surface area contributed by atoms with Crippen molar-refractivity contribution in [3.63, 3.8) is 0 Å². The van der Waals surface area contributed by atoms with Gasteiger partial charge in [-0.05, 0) is 70.2 Å². The topological polar surface area (TPSA) is 105 Å². The normalized spacial score (nSPS) is 15.6. The van der Waals surface area contributed by atoms with Crippen molar-refractivity contribution in [1.82, 2.24) is 0 Å². The van der Waals surface area contributed by atoms with Gasteiger partial charge in [0.15, 0.2) is 5.60 Å². The third kappa shape index (κ3) is 4.07. The van der Waals surface area contributed by atoms with Gasteiger partial charge in [-0.1, -0.05) is 0 Å². The van der Waals surface area contributed by atoms with Crippen LogP contribution in [0.4, 0.5) is 11.4 Å². The van der Waals surface area contributed by atoms with Crippen LogP contribution in [0.15, 0.2) is 42.5 Å². The zero-order valence-corrected chi connectivity index (χ0v) is 17.3. The van der Waals surface area contributed by atoms with Gasteiger partial charge in [-0.25, -0.2) is 4.79 Å². The molecule has 0 radical (unpaired) electrons. The number of amides is 2. The van der Waals surface area contributed by atoms with Gasteiger partial charge >= 0.3 is 5.97 Å². The van der Waals surface area contributed by atoms with E-state index in [9.17, 15) is 19.5 Å². The maximum absolute atomic E-state index is 13.0. The molecule has 0 fully saturated rings. The summed E-state index contributed by atoms with van der Waals surface area (Å²) in [7, 11) is 0. The highest BCUT2D eigenvalue weighted by Crippen LogP contribution is 2.39. The SMILES string of the molecule is CCOc1ccc(NC(=O)C(C)N2C(=O)C(C)(C)Oc3cc(C(=O)O)ccc32)cc1. The quantitative estimate of drug-likeness (QED) is 0.754. The number of ether oxygens (including phenoxy) is 2. The van der Waals surface area contributed by atoms with Gasteiger partial charge in [-0.15, -0.1) is 0 Å². The Labute approximate surface area is 174 Å². The van der Waals surface area contributed by atoms with Crippen LogP contribution in [0.2, 0.25) is 0 Å². The Morgan fingerprint density at radius 1 is 1.20 bits per heavy atom. The lowest BCUT2D eigenvalue weighted by Gasteiger charge is -2.41. The van der Waals surface area contributed by atoms with Crippen LogP contribution >= 0.6 is 0 Å². The van der Waals surface area contributed by atoms with E-state index in [1.165, 1.54) is 23.1 Å². The van der Waals surface area contributed by atoms with Crippen LogP contribution in [-0.4, -0.2) is 41.1 Å². The van der Waals surface area contributed by atoms with Gasteiger partial charge in [-0.3, -0.25) is 14.5 Å². The number of benzene rings is 2. The van der Waals surface area contributed by atoms with Crippen LogP contribution in [0, 0.1) is 0 Å². The van der Waals surface area contributed by atoms with E-state index in [-0.39, 0.29) is 11.3 Å². The highest BCUT2D eigenvalue weighted by atomic mass is 16.5. The van der Waals surface area contributed by atoms with E-state index in [1.54, 1.807) is 45.0 Å². The summed E-state index contributed by atoms with van der Waals surface area (Å²) < 4.78 is 11.1. The van der Waals surface area contributed by atoms with Gasteiger partial charge < -0.3 is 19.9 Å². The number of rotatable bonds is 6. The van der Waals surface area contributed by atoms with E-state index in [2.05, 4.69) is 5.32 Å². The van der Waals surface area contributed by atoms with Crippen molar-refractivity contribution in [2.45, 2.75) is 39.3 Å². The van der Waals surface area contributed by atoms with Gasteiger partial charge in [0.2, 0.25) is 5.91 Å². The highest BCUT2D eigenvalue weighted by Gasteiger charge is 2.44. The fraction of sp³-hybridized carbons (Fsp3) is 0.318. The molecule has 2 aromatic rings. The lowest BCUT2D eigenvalue weighted by Crippen LogP contribution is -2.57. The molecule has 0 saturated carbocycles. The molecule has 0 spiro atoms. The second-order valence-corrected chi connectivity index (χ2v) is 7.40. The van der Waals surface area contributed by atoms with Gasteiger partial charge in [-0.2, -0.15) is 0 Å². The lowest BCUT2D eigenvalue weighted by atomic mass is 10.0. The predicted molar refractivity (Wildman–Crippen MR) is 111 cm³/mol. The van der Waals surface area contributed by atoms with Crippen LogP contribution in [0.5, 0.6) is 11.5 Å². The number of nitrogens with one attached hydrogen (secondary N) is 1. The maximum atomic E-state index is 13.0. The minimum atomic E-state index is -1.25. The molecule has 1 atom stereocenters. The Kier molecular flexibility index (Phi) is 5.69. The van der Waals surface area contributed by atoms with Crippen molar-refractivity contribution in [3.05, 3.63) is 48.0 Å². The van der Waals surface area contributed by atoms with Crippen molar-refractivity contribution < 1.29 is 29.0 Å². The van der Waals surface area contributed by atoms with E-state index in [0.717, 1.165) is 0 Å². The first-order valence-electron chi connectivity index (χ1n) is 9.57. The van der Waals surface area contributed by atoms with Crippen LogP contribution < -0.4 is 19.7 Å². The Morgan fingerprint density at radius 3 is 2.47 bits per heavy atom. The van der Waals surface area contributed by atoms with Crippen LogP contribution in [0.25, 0.3) is 0 Å². The molecule has 2 N–H and O–H groups in total. The monoisotopic (exact) mass is 412 g/mol. The summed E-state index contributed by atoms with van der Waals surface area (Å²) in [6.45, 7) is 7.19. The number of carboxylic acid groups (broad SMARTS) is 1. The molecule has 8 heteroatoms. The lowest BCUT2D eigenvalue weighted by molar-refractivity contribution is -0.134. The number of carboxylic acids is 1. The number of anilines is 2. The highest BCUT2D eigenvalue weighted by molar-refractivity contribution is 6.09. The first kappa shape index (κ1) is 21.2. The molecule has 3 rings (SSSR count). The molecule has 1 aliphatic heterocycles. The Hall–Kier alpha value is -3.55. The first-order chi connectivity index (χ1) is 14.1. The maximum Gasteiger partial charge on any atom is 0.335 e. The second-order valence-electron chi connectivity index (χ2n) is 7.40. The van der Waals surface area contributed by atoms with Crippen molar-refractivity contribution in [1.29, 1.82) is 0 Å². The predicted octanol–water partition coefficient (Wildman–Crippen LogP) is 3.31. The Balaban J connectivity index is 1.88. The molecule has 0 bridgehead atoms. The minimum Gasteiger partial charge on any atom is -0.494 e. The summed E-state index contributed by atoms with van der Waals surface area (Å²) in [5.74, 6) is -0.966.